The normalized spacial score (nSPS) is 10.7. The van der Waals surface area contributed by atoms with Crippen molar-refractivity contribution in [2.45, 2.75) is 6.92 Å². The summed E-state index contributed by atoms with van der Waals surface area (Å²) in [5, 5.41) is 3.26. The minimum absolute atomic E-state index is 0.256. The molecule has 3 rings (SSSR count). The first kappa shape index (κ1) is 18.7. The van der Waals surface area contributed by atoms with Crippen LogP contribution in [0.1, 0.15) is 22.8 Å². The zero-order valence-corrected chi connectivity index (χ0v) is 15.6. The average molecular weight is 379 g/mol. The van der Waals surface area contributed by atoms with Crippen molar-refractivity contribution in [2.75, 3.05) is 11.9 Å². The van der Waals surface area contributed by atoms with E-state index in [1.807, 2.05) is 49.4 Å². The van der Waals surface area contributed by atoms with Gasteiger partial charge in [-0.3, -0.25) is 9.79 Å². The van der Waals surface area contributed by atoms with Crippen LogP contribution in [0.5, 0.6) is 5.75 Å². The summed E-state index contributed by atoms with van der Waals surface area (Å²) in [5.41, 5.74) is 2.79. The number of anilines is 1. The molecule has 1 N–H and O–H groups in total. The molecule has 3 aromatic carbocycles. The zero-order chi connectivity index (χ0) is 19.1. The molecule has 4 nitrogen and oxygen atoms in total. The van der Waals surface area contributed by atoms with Gasteiger partial charge in [0.2, 0.25) is 0 Å². The predicted octanol–water partition coefficient (Wildman–Crippen LogP) is 5.74. The van der Waals surface area contributed by atoms with Gasteiger partial charge in [0.25, 0.3) is 5.91 Å². The molecule has 0 saturated heterocycles. The molecule has 0 radical (unpaired) electrons. The van der Waals surface area contributed by atoms with Crippen LogP contribution in [0, 0.1) is 0 Å². The molecule has 27 heavy (non-hydrogen) atoms. The van der Waals surface area contributed by atoms with Crippen LogP contribution in [0.15, 0.2) is 77.8 Å². The van der Waals surface area contributed by atoms with Gasteiger partial charge < -0.3 is 10.1 Å². The fraction of sp³-hybridized carbons (Fsp3) is 0.0909. The molecule has 136 valence electrons. The van der Waals surface area contributed by atoms with Gasteiger partial charge in [0.15, 0.2) is 0 Å². The van der Waals surface area contributed by atoms with Gasteiger partial charge in [0, 0.05) is 11.9 Å². The van der Waals surface area contributed by atoms with Crippen LogP contribution in [-0.4, -0.2) is 18.7 Å². The van der Waals surface area contributed by atoms with Crippen LogP contribution in [0.25, 0.3) is 0 Å². The highest BCUT2D eigenvalue weighted by atomic mass is 35.5. The van der Waals surface area contributed by atoms with Crippen LogP contribution < -0.4 is 10.1 Å². The Balaban J connectivity index is 1.70. The molecule has 0 aliphatic rings. The molecular formula is C22H19ClN2O2. The fourth-order valence-electron chi connectivity index (χ4n) is 2.47. The van der Waals surface area contributed by atoms with E-state index in [1.54, 1.807) is 36.5 Å². The number of amides is 1. The van der Waals surface area contributed by atoms with Crippen molar-refractivity contribution in [3.63, 3.8) is 0 Å². The Hall–Kier alpha value is -3.11. The maximum Gasteiger partial charge on any atom is 0.257 e. The molecule has 5 heteroatoms. The van der Waals surface area contributed by atoms with E-state index < -0.39 is 0 Å². The van der Waals surface area contributed by atoms with Gasteiger partial charge in [-0.2, -0.15) is 0 Å². The number of hydrogen-bond donors (Lipinski definition) is 1. The Morgan fingerprint density at radius 2 is 1.85 bits per heavy atom. The summed E-state index contributed by atoms with van der Waals surface area (Å²) < 4.78 is 5.43. The summed E-state index contributed by atoms with van der Waals surface area (Å²) in [4.78, 5) is 16.8. The number of benzene rings is 3. The van der Waals surface area contributed by atoms with E-state index in [0.717, 1.165) is 17.0 Å². The lowest BCUT2D eigenvalue weighted by molar-refractivity contribution is 0.102. The Bertz CT molecular complexity index is 953. The van der Waals surface area contributed by atoms with Crippen LogP contribution in [-0.2, 0) is 0 Å². The van der Waals surface area contributed by atoms with Crippen molar-refractivity contribution >= 4 is 35.1 Å². The molecule has 0 aliphatic carbocycles. The minimum atomic E-state index is -0.256. The minimum Gasteiger partial charge on any atom is -0.494 e. The number of nitrogens with one attached hydrogen (secondary N) is 1. The number of aliphatic imine (C=N–C) groups is 1. The van der Waals surface area contributed by atoms with Crippen molar-refractivity contribution in [3.8, 4) is 5.75 Å². The smallest absolute Gasteiger partial charge is 0.257 e. The molecule has 0 heterocycles. The summed E-state index contributed by atoms with van der Waals surface area (Å²) in [7, 11) is 0. The van der Waals surface area contributed by atoms with Crippen LogP contribution in [0.3, 0.4) is 0 Å². The molecule has 0 fully saturated rings. The molecule has 0 saturated carbocycles. The molecule has 0 bridgehead atoms. The third-order valence-corrected chi connectivity index (χ3v) is 4.11. The lowest BCUT2D eigenvalue weighted by atomic mass is 10.2. The van der Waals surface area contributed by atoms with Crippen LogP contribution in [0.4, 0.5) is 11.4 Å². The van der Waals surface area contributed by atoms with E-state index in [-0.39, 0.29) is 5.91 Å². The number of halogens is 1. The molecule has 0 unspecified atom stereocenters. The van der Waals surface area contributed by atoms with Gasteiger partial charge >= 0.3 is 0 Å². The molecule has 0 aromatic heterocycles. The Kier molecular flexibility index (Phi) is 6.23. The van der Waals surface area contributed by atoms with Crippen LogP contribution in [0.2, 0.25) is 5.02 Å². The molecule has 0 aliphatic heterocycles. The molecule has 3 aromatic rings. The van der Waals surface area contributed by atoms with E-state index in [9.17, 15) is 4.79 Å². The highest BCUT2D eigenvalue weighted by Crippen LogP contribution is 2.21. The molecule has 1 amide bonds. The van der Waals surface area contributed by atoms with E-state index in [2.05, 4.69) is 10.3 Å². The van der Waals surface area contributed by atoms with Gasteiger partial charge in [-0.05, 0) is 67.1 Å². The Labute approximate surface area is 163 Å². The fourth-order valence-corrected chi connectivity index (χ4v) is 2.70. The van der Waals surface area contributed by atoms with Crippen molar-refractivity contribution in [2.24, 2.45) is 4.99 Å². The first-order chi connectivity index (χ1) is 13.2. The lowest BCUT2D eigenvalue weighted by Gasteiger charge is -2.07. The molecule has 0 spiro atoms. The third kappa shape index (κ3) is 5.19. The summed E-state index contributed by atoms with van der Waals surface area (Å²) >= 11 is 6.07. The molecular weight excluding hydrogens is 360 g/mol. The standard InChI is InChI=1S/C22H19ClN2O2/c1-2-27-19-12-10-16(11-13-19)15-24-17-6-5-7-18(14-17)25-22(26)20-8-3-4-9-21(20)23/h3-15H,2H2,1H3,(H,25,26). The SMILES string of the molecule is CCOc1ccc(C=Nc2cccc(NC(=O)c3ccccc3Cl)c2)cc1. The third-order valence-electron chi connectivity index (χ3n) is 3.78. The van der Waals surface area contributed by atoms with E-state index >= 15 is 0 Å². The number of nitrogens with zero attached hydrogens (tertiary/aromatic N) is 1. The Morgan fingerprint density at radius 3 is 2.59 bits per heavy atom. The van der Waals surface area contributed by atoms with E-state index in [1.165, 1.54) is 0 Å². The second-order valence-electron chi connectivity index (χ2n) is 5.74. The van der Waals surface area contributed by atoms with E-state index in [0.29, 0.717) is 22.9 Å². The monoisotopic (exact) mass is 378 g/mol. The summed E-state index contributed by atoms with van der Waals surface area (Å²) in [6.07, 6.45) is 1.77. The average Bonchev–Trinajstić information content (AvgIpc) is 2.68. The van der Waals surface area contributed by atoms with Crippen molar-refractivity contribution in [1.82, 2.24) is 0 Å². The second-order valence-corrected chi connectivity index (χ2v) is 6.15. The largest absolute Gasteiger partial charge is 0.494 e. The highest BCUT2D eigenvalue weighted by molar-refractivity contribution is 6.34. The maximum absolute atomic E-state index is 12.4. The first-order valence-corrected chi connectivity index (χ1v) is 8.96. The topological polar surface area (TPSA) is 50.7 Å². The predicted molar refractivity (Wildman–Crippen MR) is 111 cm³/mol. The summed E-state index contributed by atoms with van der Waals surface area (Å²) in [5.74, 6) is 0.576. The van der Waals surface area contributed by atoms with Crippen molar-refractivity contribution in [3.05, 3.63) is 88.9 Å². The van der Waals surface area contributed by atoms with Crippen molar-refractivity contribution in [1.29, 1.82) is 0 Å². The molecule has 0 atom stereocenters. The zero-order valence-electron chi connectivity index (χ0n) is 14.9. The maximum atomic E-state index is 12.4. The van der Waals surface area contributed by atoms with Gasteiger partial charge in [-0.25, -0.2) is 0 Å². The number of hydrogen-bond acceptors (Lipinski definition) is 3. The summed E-state index contributed by atoms with van der Waals surface area (Å²) in [6.45, 7) is 2.59. The van der Waals surface area contributed by atoms with Gasteiger partial charge in [0.05, 0.1) is 22.9 Å². The lowest BCUT2D eigenvalue weighted by Crippen LogP contribution is -2.12. The van der Waals surface area contributed by atoms with E-state index in [4.69, 9.17) is 16.3 Å². The van der Waals surface area contributed by atoms with Crippen LogP contribution >= 0.6 is 11.6 Å². The quantitative estimate of drug-likeness (QED) is 0.556. The van der Waals surface area contributed by atoms with Gasteiger partial charge in [0.1, 0.15) is 5.75 Å². The number of rotatable bonds is 6. The van der Waals surface area contributed by atoms with Gasteiger partial charge in [-0.15, -0.1) is 0 Å². The summed E-state index contributed by atoms with van der Waals surface area (Å²) in [6, 6.07) is 22.0. The first-order valence-electron chi connectivity index (χ1n) is 8.58. The Morgan fingerprint density at radius 1 is 1.07 bits per heavy atom. The number of ether oxygens (including phenoxy) is 1. The number of carbonyl (C=O) groups is 1. The van der Waals surface area contributed by atoms with Crippen molar-refractivity contribution < 1.29 is 9.53 Å². The van der Waals surface area contributed by atoms with Gasteiger partial charge in [-0.1, -0.05) is 29.8 Å². The highest BCUT2D eigenvalue weighted by Gasteiger charge is 2.09. The second kappa shape index (κ2) is 9.01. The number of carbonyl (C=O) groups excluding carboxylic acids is 1.